The first-order valence-corrected chi connectivity index (χ1v) is 9.75. The SMILES string of the molecule is CCCC1CCCCN1CC1CC(CC)CCC1NCC. The molecule has 0 aromatic rings. The molecule has 0 radical (unpaired) electrons. The van der Waals surface area contributed by atoms with Gasteiger partial charge in [0.05, 0.1) is 0 Å². The van der Waals surface area contributed by atoms with Crippen LogP contribution in [0.25, 0.3) is 0 Å². The molecule has 2 aliphatic rings. The Labute approximate surface area is 133 Å². The van der Waals surface area contributed by atoms with E-state index in [0.29, 0.717) is 0 Å². The van der Waals surface area contributed by atoms with Crippen LogP contribution in [0.1, 0.15) is 78.6 Å². The number of hydrogen-bond donors (Lipinski definition) is 1. The predicted octanol–water partition coefficient (Wildman–Crippen LogP) is 4.45. The smallest absolute Gasteiger partial charge is 0.0108 e. The minimum Gasteiger partial charge on any atom is -0.314 e. The second-order valence-corrected chi connectivity index (χ2v) is 7.44. The predicted molar refractivity (Wildman–Crippen MR) is 92.7 cm³/mol. The second kappa shape index (κ2) is 9.15. The molecular formula is C19H38N2. The molecule has 4 unspecified atom stereocenters. The molecule has 124 valence electrons. The number of likely N-dealkylation sites (tertiary alicyclic amines) is 1. The van der Waals surface area contributed by atoms with Gasteiger partial charge in [0.25, 0.3) is 0 Å². The molecule has 1 aliphatic heterocycles. The Morgan fingerprint density at radius 1 is 1.05 bits per heavy atom. The highest BCUT2D eigenvalue weighted by atomic mass is 15.2. The van der Waals surface area contributed by atoms with Crippen LogP contribution in [0.5, 0.6) is 0 Å². The summed E-state index contributed by atoms with van der Waals surface area (Å²) in [5.41, 5.74) is 0. The van der Waals surface area contributed by atoms with E-state index in [1.165, 1.54) is 70.9 Å². The molecule has 0 aromatic carbocycles. The number of piperidine rings is 1. The fourth-order valence-electron chi connectivity index (χ4n) is 4.73. The van der Waals surface area contributed by atoms with Crippen molar-refractivity contribution in [3.8, 4) is 0 Å². The van der Waals surface area contributed by atoms with Crippen molar-refractivity contribution in [2.75, 3.05) is 19.6 Å². The third kappa shape index (κ3) is 4.96. The van der Waals surface area contributed by atoms with Crippen LogP contribution in [0, 0.1) is 11.8 Å². The molecule has 2 nitrogen and oxygen atoms in total. The van der Waals surface area contributed by atoms with Gasteiger partial charge in [-0.2, -0.15) is 0 Å². The maximum absolute atomic E-state index is 3.79. The lowest BCUT2D eigenvalue weighted by Gasteiger charge is -2.43. The lowest BCUT2D eigenvalue weighted by atomic mass is 9.76. The standard InChI is InChI=1S/C19H38N2/c1-4-9-18-10-7-8-13-21(18)15-17-14-16(5-2)11-12-19(17)20-6-3/h16-20H,4-15H2,1-3H3. The largest absolute Gasteiger partial charge is 0.314 e. The van der Waals surface area contributed by atoms with Crippen molar-refractivity contribution in [3.05, 3.63) is 0 Å². The number of hydrogen-bond acceptors (Lipinski definition) is 2. The van der Waals surface area contributed by atoms with Crippen molar-refractivity contribution in [2.24, 2.45) is 11.8 Å². The van der Waals surface area contributed by atoms with E-state index in [2.05, 4.69) is 31.0 Å². The number of nitrogens with zero attached hydrogens (tertiary/aromatic N) is 1. The summed E-state index contributed by atoms with van der Waals surface area (Å²) in [6.45, 7) is 10.9. The second-order valence-electron chi connectivity index (χ2n) is 7.44. The Balaban J connectivity index is 1.94. The normalized spacial score (nSPS) is 35.0. The quantitative estimate of drug-likeness (QED) is 0.746. The Hall–Kier alpha value is -0.0800. The fraction of sp³-hybridized carbons (Fsp3) is 1.00. The molecule has 0 bridgehead atoms. The monoisotopic (exact) mass is 294 g/mol. The molecule has 2 rings (SSSR count). The van der Waals surface area contributed by atoms with Gasteiger partial charge < -0.3 is 10.2 Å². The van der Waals surface area contributed by atoms with Gasteiger partial charge in [-0.3, -0.25) is 0 Å². The van der Waals surface area contributed by atoms with E-state index in [9.17, 15) is 0 Å². The van der Waals surface area contributed by atoms with Crippen molar-refractivity contribution in [2.45, 2.75) is 90.6 Å². The van der Waals surface area contributed by atoms with Gasteiger partial charge in [-0.15, -0.1) is 0 Å². The van der Waals surface area contributed by atoms with E-state index >= 15 is 0 Å². The average Bonchev–Trinajstić information content (AvgIpc) is 2.51. The topological polar surface area (TPSA) is 15.3 Å². The number of nitrogens with one attached hydrogen (secondary N) is 1. The molecule has 1 heterocycles. The molecule has 4 atom stereocenters. The molecule has 0 amide bonds. The van der Waals surface area contributed by atoms with Gasteiger partial charge >= 0.3 is 0 Å². The lowest BCUT2D eigenvalue weighted by molar-refractivity contribution is 0.0814. The van der Waals surface area contributed by atoms with Gasteiger partial charge in [0, 0.05) is 18.6 Å². The molecule has 21 heavy (non-hydrogen) atoms. The molecule has 2 heteroatoms. The Kier molecular flexibility index (Phi) is 7.53. The fourth-order valence-corrected chi connectivity index (χ4v) is 4.73. The summed E-state index contributed by atoms with van der Waals surface area (Å²) < 4.78 is 0. The summed E-state index contributed by atoms with van der Waals surface area (Å²) in [5, 5.41) is 3.79. The van der Waals surface area contributed by atoms with Crippen LogP contribution >= 0.6 is 0 Å². The van der Waals surface area contributed by atoms with E-state index in [1.807, 2.05) is 0 Å². The molecule has 1 aliphatic carbocycles. The van der Waals surface area contributed by atoms with Crippen LogP contribution in [0.3, 0.4) is 0 Å². The first-order chi connectivity index (χ1) is 10.3. The maximum atomic E-state index is 3.79. The van der Waals surface area contributed by atoms with E-state index in [-0.39, 0.29) is 0 Å². The van der Waals surface area contributed by atoms with E-state index in [1.54, 1.807) is 0 Å². The van der Waals surface area contributed by atoms with Crippen LogP contribution in [0.4, 0.5) is 0 Å². The van der Waals surface area contributed by atoms with Gasteiger partial charge in [-0.25, -0.2) is 0 Å². The van der Waals surface area contributed by atoms with E-state index < -0.39 is 0 Å². The van der Waals surface area contributed by atoms with Gasteiger partial charge in [-0.1, -0.05) is 40.0 Å². The van der Waals surface area contributed by atoms with Gasteiger partial charge in [-0.05, 0) is 63.5 Å². The zero-order chi connectivity index (χ0) is 15.1. The Bertz CT molecular complexity index is 277. The molecule has 2 fully saturated rings. The molecular weight excluding hydrogens is 256 g/mol. The average molecular weight is 295 g/mol. The molecule has 0 spiro atoms. The zero-order valence-electron chi connectivity index (χ0n) is 14.7. The summed E-state index contributed by atoms with van der Waals surface area (Å²) in [4.78, 5) is 2.86. The van der Waals surface area contributed by atoms with E-state index in [0.717, 1.165) is 30.5 Å². The summed E-state index contributed by atoms with van der Waals surface area (Å²) >= 11 is 0. The van der Waals surface area contributed by atoms with Crippen molar-refractivity contribution in [1.82, 2.24) is 10.2 Å². The number of rotatable bonds is 7. The zero-order valence-corrected chi connectivity index (χ0v) is 14.7. The van der Waals surface area contributed by atoms with Crippen LogP contribution in [0.15, 0.2) is 0 Å². The van der Waals surface area contributed by atoms with E-state index in [4.69, 9.17) is 0 Å². The van der Waals surface area contributed by atoms with Gasteiger partial charge in [0.1, 0.15) is 0 Å². The lowest BCUT2D eigenvalue weighted by Crippen LogP contribution is -2.49. The van der Waals surface area contributed by atoms with Crippen LogP contribution in [-0.4, -0.2) is 36.6 Å². The third-order valence-electron chi connectivity index (χ3n) is 5.97. The van der Waals surface area contributed by atoms with Crippen LogP contribution < -0.4 is 5.32 Å². The van der Waals surface area contributed by atoms with Crippen LogP contribution in [-0.2, 0) is 0 Å². The minimum absolute atomic E-state index is 0.780. The maximum Gasteiger partial charge on any atom is 0.0108 e. The van der Waals surface area contributed by atoms with Crippen molar-refractivity contribution >= 4 is 0 Å². The van der Waals surface area contributed by atoms with Gasteiger partial charge in [0.2, 0.25) is 0 Å². The van der Waals surface area contributed by atoms with Crippen molar-refractivity contribution in [1.29, 1.82) is 0 Å². The summed E-state index contributed by atoms with van der Waals surface area (Å²) in [6.07, 6.45) is 12.8. The summed E-state index contributed by atoms with van der Waals surface area (Å²) in [6, 6.07) is 1.66. The highest BCUT2D eigenvalue weighted by Crippen LogP contribution is 2.33. The Morgan fingerprint density at radius 3 is 2.62 bits per heavy atom. The highest BCUT2D eigenvalue weighted by Gasteiger charge is 2.32. The third-order valence-corrected chi connectivity index (χ3v) is 5.97. The highest BCUT2D eigenvalue weighted by molar-refractivity contribution is 4.88. The van der Waals surface area contributed by atoms with Crippen molar-refractivity contribution < 1.29 is 0 Å². The molecule has 0 aromatic heterocycles. The summed E-state index contributed by atoms with van der Waals surface area (Å²) in [5.74, 6) is 1.88. The Morgan fingerprint density at radius 2 is 1.90 bits per heavy atom. The van der Waals surface area contributed by atoms with Gasteiger partial charge in [0.15, 0.2) is 0 Å². The molecule has 1 saturated heterocycles. The van der Waals surface area contributed by atoms with Crippen LogP contribution in [0.2, 0.25) is 0 Å². The first kappa shape index (κ1) is 17.3. The molecule has 1 N–H and O–H groups in total. The molecule has 1 saturated carbocycles. The first-order valence-electron chi connectivity index (χ1n) is 9.75. The minimum atomic E-state index is 0.780. The van der Waals surface area contributed by atoms with Crippen molar-refractivity contribution in [3.63, 3.8) is 0 Å². The summed E-state index contributed by atoms with van der Waals surface area (Å²) in [7, 11) is 0.